The minimum atomic E-state index is 0.349. The average Bonchev–Trinajstić information content (AvgIpc) is 2.84. The Kier molecular flexibility index (Phi) is 5.16. The lowest BCUT2D eigenvalue weighted by atomic mass is 9.97. The number of thiophene rings is 1. The number of nitrogens with one attached hydrogen (secondary N) is 1. The van der Waals surface area contributed by atoms with Crippen LogP contribution in [-0.4, -0.2) is 42.1 Å². The lowest BCUT2D eigenvalue weighted by molar-refractivity contribution is 0.396. The molecule has 0 amide bonds. The van der Waals surface area contributed by atoms with Gasteiger partial charge in [-0.15, -0.1) is 11.3 Å². The van der Waals surface area contributed by atoms with Crippen molar-refractivity contribution in [1.29, 1.82) is 0 Å². The van der Waals surface area contributed by atoms with Crippen molar-refractivity contribution in [2.75, 3.05) is 32.5 Å². The van der Waals surface area contributed by atoms with Gasteiger partial charge in [-0.1, -0.05) is 0 Å². The number of aryl methyl sites for hydroxylation is 2. The van der Waals surface area contributed by atoms with E-state index in [1.807, 2.05) is 0 Å². The van der Waals surface area contributed by atoms with Crippen molar-refractivity contribution >= 4 is 39.0 Å². The largest absolute Gasteiger partial charge is 0.369 e. The molecule has 0 saturated carbocycles. The van der Waals surface area contributed by atoms with Crippen molar-refractivity contribution in [1.82, 2.24) is 14.9 Å². The van der Waals surface area contributed by atoms with Crippen molar-refractivity contribution < 1.29 is 0 Å². The Bertz CT molecular complexity index is 653. The molecule has 1 aliphatic rings. The first-order valence-electron chi connectivity index (χ1n) is 8.01. The van der Waals surface area contributed by atoms with E-state index in [1.165, 1.54) is 41.5 Å². The molecule has 2 heterocycles. The van der Waals surface area contributed by atoms with Crippen LogP contribution in [0.2, 0.25) is 5.28 Å². The third-order valence-corrected chi connectivity index (χ3v) is 5.47. The zero-order chi connectivity index (χ0) is 15.5. The molecule has 0 radical (unpaired) electrons. The lowest BCUT2D eigenvalue weighted by Crippen LogP contribution is -2.14. The van der Waals surface area contributed by atoms with Crippen molar-refractivity contribution in [2.45, 2.75) is 38.5 Å². The molecule has 2 aromatic rings. The highest BCUT2D eigenvalue weighted by molar-refractivity contribution is 7.19. The van der Waals surface area contributed by atoms with Gasteiger partial charge >= 0.3 is 0 Å². The molecule has 0 bridgehead atoms. The molecule has 22 heavy (non-hydrogen) atoms. The first-order chi connectivity index (χ1) is 10.6. The molecule has 3 rings (SSSR count). The Morgan fingerprint density at radius 2 is 2.00 bits per heavy atom. The fraction of sp³-hybridized carbons (Fsp3) is 0.625. The number of anilines is 1. The number of halogens is 1. The van der Waals surface area contributed by atoms with Crippen LogP contribution in [-0.2, 0) is 12.8 Å². The first kappa shape index (κ1) is 16.0. The van der Waals surface area contributed by atoms with Crippen LogP contribution in [0.5, 0.6) is 0 Å². The second-order valence-electron chi connectivity index (χ2n) is 6.17. The summed E-state index contributed by atoms with van der Waals surface area (Å²) < 4.78 is 0. The second-order valence-corrected chi connectivity index (χ2v) is 7.59. The normalized spacial score (nSPS) is 14.5. The average molecular weight is 339 g/mol. The number of rotatable bonds is 6. The van der Waals surface area contributed by atoms with Crippen LogP contribution in [0.1, 0.15) is 36.1 Å². The minimum Gasteiger partial charge on any atom is -0.369 e. The maximum absolute atomic E-state index is 6.11. The van der Waals surface area contributed by atoms with E-state index in [0.29, 0.717) is 5.28 Å². The van der Waals surface area contributed by atoms with Gasteiger partial charge in [-0.05, 0) is 76.3 Å². The number of fused-ring (bicyclic) bond motifs is 3. The van der Waals surface area contributed by atoms with Gasteiger partial charge in [0.15, 0.2) is 0 Å². The van der Waals surface area contributed by atoms with E-state index < -0.39 is 0 Å². The Hall–Kier alpha value is -0.910. The molecule has 1 N–H and O–H groups in total. The highest BCUT2D eigenvalue weighted by Gasteiger charge is 2.20. The summed E-state index contributed by atoms with van der Waals surface area (Å²) in [5.41, 5.74) is 1.46. The van der Waals surface area contributed by atoms with Gasteiger partial charge in [0.1, 0.15) is 10.6 Å². The summed E-state index contributed by atoms with van der Waals surface area (Å²) in [6.07, 6.45) is 7.20. The number of hydrogen-bond acceptors (Lipinski definition) is 5. The summed E-state index contributed by atoms with van der Waals surface area (Å²) in [5, 5.41) is 5.06. The van der Waals surface area contributed by atoms with Crippen molar-refractivity contribution in [3.8, 4) is 0 Å². The van der Waals surface area contributed by atoms with Gasteiger partial charge in [-0.3, -0.25) is 0 Å². The molecule has 0 saturated heterocycles. The van der Waals surface area contributed by atoms with Crippen LogP contribution < -0.4 is 5.32 Å². The first-order valence-corrected chi connectivity index (χ1v) is 9.21. The zero-order valence-electron chi connectivity index (χ0n) is 13.3. The van der Waals surface area contributed by atoms with Crippen LogP contribution in [0.25, 0.3) is 10.2 Å². The van der Waals surface area contributed by atoms with Gasteiger partial charge in [0.2, 0.25) is 5.28 Å². The highest BCUT2D eigenvalue weighted by Crippen LogP contribution is 2.39. The van der Waals surface area contributed by atoms with E-state index in [4.69, 9.17) is 11.6 Å². The van der Waals surface area contributed by atoms with Crippen LogP contribution >= 0.6 is 22.9 Å². The van der Waals surface area contributed by atoms with Crippen molar-refractivity contribution in [3.05, 3.63) is 15.7 Å². The highest BCUT2D eigenvalue weighted by atomic mass is 35.5. The maximum atomic E-state index is 6.11. The van der Waals surface area contributed by atoms with Crippen molar-refractivity contribution in [2.24, 2.45) is 0 Å². The minimum absolute atomic E-state index is 0.349. The number of unbranched alkanes of at least 4 members (excludes halogenated alkanes) is 1. The SMILES string of the molecule is CN(C)CCCCNc1nc(Cl)nc2sc3c(c12)CCCC3. The topological polar surface area (TPSA) is 41.0 Å². The smallest absolute Gasteiger partial charge is 0.225 e. The fourth-order valence-electron chi connectivity index (χ4n) is 3.02. The summed E-state index contributed by atoms with van der Waals surface area (Å²) in [7, 11) is 4.22. The summed E-state index contributed by atoms with van der Waals surface area (Å²) in [4.78, 5) is 13.6. The zero-order valence-corrected chi connectivity index (χ0v) is 14.9. The Morgan fingerprint density at radius 1 is 1.18 bits per heavy atom. The molecule has 4 nitrogen and oxygen atoms in total. The van der Waals surface area contributed by atoms with Crippen LogP contribution in [0.3, 0.4) is 0 Å². The van der Waals surface area contributed by atoms with E-state index >= 15 is 0 Å². The van der Waals surface area contributed by atoms with Gasteiger partial charge in [0.05, 0.1) is 5.39 Å². The Balaban J connectivity index is 1.77. The fourth-order valence-corrected chi connectivity index (χ4v) is 4.50. The van der Waals surface area contributed by atoms with Crippen LogP contribution in [0.15, 0.2) is 0 Å². The summed E-state index contributed by atoms with van der Waals surface area (Å²) in [5.74, 6) is 0.930. The molecule has 6 heteroatoms. The molecular weight excluding hydrogens is 316 g/mol. The monoisotopic (exact) mass is 338 g/mol. The van der Waals surface area contributed by atoms with E-state index in [-0.39, 0.29) is 0 Å². The Labute approximate surface area is 140 Å². The number of nitrogens with zero attached hydrogens (tertiary/aromatic N) is 3. The van der Waals surface area contributed by atoms with Crippen LogP contribution in [0.4, 0.5) is 5.82 Å². The van der Waals surface area contributed by atoms with Gasteiger partial charge in [0.25, 0.3) is 0 Å². The third kappa shape index (κ3) is 3.53. The van der Waals surface area contributed by atoms with Gasteiger partial charge in [0, 0.05) is 11.4 Å². The van der Waals surface area contributed by atoms with E-state index in [1.54, 1.807) is 11.3 Å². The van der Waals surface area contributed by atoms with E-state index in [0.717, 1.165) is 36.6 Å². The molecule has 1 aliphatic carbocycles. The maximum Gasteiger partial charge on any atom is 0.225 e. The molecule has 0 spiro atoms. The van der Waals surface area contributed by atoms with Crippen molar-refractivity contribution in [3.63, 3.8) is 0 Å². The molecular formula is C16H23ClN4S. The standard InChI is InChI=1S/C16H23ClN4S/c1-21(2)10-6-5-9-18-14-13-11-7-3-4-8-12(11)22-15(13)20-16(17)19-14/h3-10H2,1-2H3,(H,18,19,20). The summed E-state index contributed by atoms with van der Waals surface area (Å²) >= 11 is 7.90. The van der Waals surface area contributed by atoms with Crippen LogP contribution in [0, 0.1) is 0 Å². The third-order valence-electron chi connectivity index (χ3n) is 4.11. The van der Waals surface area contributed by atoms with Gasteiger partial charge in [-0.2, -0.15) is 0 Å². The number of hydrogen-bond donors (Lipinski definition) is 1. The molecule has 0 atom stereocenters. The predicted molar refractivity (Wildman–Crippen MR) is 95.3 cm³/mol. The molecule has 120 valence electrons. The molecule has 2 aromatic heterocycles. The molecule has 0 unspecified atom stereocenters. The molecule has 0 aromatic carbocycles. The molecule has 0 fully saturated rings. The van der Waals surface area contributed by atoms with Gasteiger partial charge in [-0.25, -0.2) is 9.97 Å². The predicted octanol–water partition coefficient (Wildman–Crippen LogP) is 3.98. The lowest BCUT2D eigenvalue weighted by Gasteiger charge is -2.13. The number of aromatic nitrogens is 2. The molecule has 0 aliphatic heterocycles. The van der Waals surface area contributed by atoms with E-state index in [9.17, 15) is 0 Å². The van der Waals surface area contributed by atoms with Gasteiger partial charge < -0.3 is 10.2 Å². The second kappa shape index (κ2) is 7.11. The Morgan fingerprint density at radius 3 is 2.82 bits per heavy atom. The summed E-state index contributed by atoms with van der Waals surface area (Å²) in [6.45, 7) is 2.05. The van der Waals surface area contributed by atoms with E-state index in [2.05, 4.69) is 34.3 Å². The summed E-state index contributed by atoms with van der Waals surface area (Å²) in [6, 6.07) is 0. The quantitative estimate of drug-likeness (QED) is 0.639.